The second-order valence-electron chi connectivity index (χ2n) is 5.72. The quantitative estimate of drug-likeness (QED) is 0.829. The number of rotatable bonds is 6. The first-order valence-electron chi connectivity index (χ1n) is 6.81. The summed E-state index contributed by atoms with van der Waals surface area (Å²) in [4.78, 5) is 16.0. The van der Waals surface area contributed by atoms with E-state index in [1.165, 1.54) is 11.3 Å². The summed E-state index contributed by atoms with van der Waals surface area (Å²) in [5.41, 5.74) is 0.990. The minimum atomic E-state index is -3.05. The van der Waals surface area contributed by atoms with Crippen LogP contribution in [0.1, 0.15) is 38.4 Å². The fraction of sp³-hybridized carbons (Fsp3) is 0.692. The number of nitrogens with zero attached hydrogens (tertiary/aromatic N) is 1. The van der Waals surface area contributed by atoms with Crippen LogP contribution in [0.25, 0.3) is 0 Å². The van der Waals surface area contributed by atoms with Gasteiger partial charge in [0.05, 0.1) is 18.0 Å². The Morgan fingerprint density at radius 1 is 1.33 bits per heavy atom. The van der Waals surface area contributed by atoms with Gasteiger partial charge < -0.3 is 10.6 Å². The van der Waals surface area contributed by atoms with E-state index in [9.17, 15) is 13.2 Å². The Bertz CT molecular complexity index is 574. The molecule has 8 heteroatoms. The highest BCUT2D eigenvalue weighted by Gasteiger charge is 2.17. The van der Waals surface area contributed by atoms with Crippen LogP contribution < -0.4 is 10.6 Å². The Morgan fingerprint density at radius 2 is 2.00 bits per heavy atom. The zero-order chi connectivity index (χ0) is 16.1. The fourth-order valence-electron chi connectivity index (χ4n) is 1.42. The molecule has 0 atom stereocenters. The maximum atomic E-state index is 11.6. The molecule has 0 saturated heterocycles. The molecule has 2 N–H and O–H groups in total. The summed E-state index contributed by atoms with van der Waals surface area (Å²) in [6.45, 7) is 8.30. The third-order valence-electron chi connectivity index (χ3n) is 2.86. The number of thiazole rings is 1. The average Bonchev–Trinajstić information content (AvgIpc) is 2.85. The summed E-state index contributed by atoms with van der Waals surface area (Å²) in [6, 6.07) is -0.381. The van der Waals surface area contributed by atoms with Gasteiger partial charge in [0.15, 0.2) is 9.84 Å². The van der Waals surface area contributed by atoms with Crippen LogP contribution in [0.4, 0.5) is 4.79 Å². The number of hydrogen-bond acceptors (Lipinski definition) is 5. The van der Waals surface area contributed by atoms with Crippen molar-refractivity contribution in [2.75, 3.05) is 18.1 Å². The highest BCUT2D eigenvalue weighted by atomic mass is 32.2. The van der Waals surface area contributed by atoms with Gasteiger partial charge in [-0.15, -0.1) is 11.3 Å². The molecular formula is C13H23N3O3S2. The molecule has 0 spiro atoms. The summed E-state index contributed by atoms with van der Waals surface area (Å²) in [6.07, 6.45) is 0. The van der Waals surface area contributed by atoms with Crippen LogP contribution in [-0.2, 0) is 21.8 Å². The first-order chi connectivity index (χ1) is 9.64. The van der Waals surface area contributed by atoms with Crippen molar-refractivity contribution in [3.8, 4) is 0 Å². The Labute approximate surface area is 130 Å². The molecule has 0 saturated carbocycles. The summed E-state index contributed by atoms with van der Waals surface area (Å²) in [5.74, 6) is 0.0489. The largest absolute Gasteiger partial charge is 0.337 e. The van der Waals surface area contributed by atoms with E-state index in [0.717, 1.165) is 10.7 Å². The molecule has 0 radical (unpaired) electrons. The minimum Gasteiger partial charge on any atom is -0.337 e. The predicted molar refractivity (Wildman–Crippen MR) is 85.4 cm³/mol. The SMILES string of the molecule is CCS(=O)(=O)CCNC(=O)NCc1nc(C(C)(C)C)cs1. The molecule has 0 aliphatic rings. The number of aromatic nitrogens is 1. The third-order valence-corrected chi connectivity index (χ3v) is 5.41. The van der Waals surface area contributed by atoms with Gasteiger partial charge in [-0.1, -0.05) is 27.7 Å². The third kappa shape index (κ3) is 6.43. The highest BCUT2D eigenvalue weighted by Crippen LogP contribution is 2.23. The normalized spacial score (nSPS) is 12.2. The van der Waals surface area contributed by atoms with Crippen LogP contribution >= 0.6 is 11.3 Å². The lowest BCUT2D eigenvalue weighted by Gasteiger charge is -2.14. The van der Waals surface area contributed by atoms with Gasteiger partial charge in [0.25, 0.3) is 0 Å². The van der Waals surface area contributed by atoms with Crippen molar-refractivity contribution in [1.82, 2.24) is 15.6 Å². The average molecular weight is 333 g/mol. The van der Waals surface area contributed by atoms with E-state index in [2.05, 4.69) is 36.4 Å². The van der Waals surface area contributed by atoms with Crippen LogP contribution in [0.15, 0.2) is 5.38 Å². The molecule has 0 aliphatic carbocycles. The van der Waals surface area contributed by atoms with E-state index in [-0.39, 0.29) is 29.5 Å². The Morgan fingerprint density at radius 3 is 2.52 bits per heavy atom. The first kappa shape index (κ1) is 17.9. The van der Waals surface area contributed by atoms with Crippen LogP contribution in [0, 0.1) is 0 Å². The topological polar surface area (TPSA) is 88.2 Å². The van der Waals surface area contributed by atoms with E-state index < -0.39 is 9.84 Å². The zero-order valence-corrected chi connectivity index (χ0v) is 14.5. The van der Waals surface area contributed by atoms with Gasteiger partial charge in [-0.25, -0.2) is 18.2 Å². The predicted octanol–water partition coefficient (Wildman–Crippen LogP) is 1.67. The Balaban J connectivity index is 2.35. The van der Waals surface area contributed by atoms with E-state index in [4.69, 9.17) is 0 Å². The number of nitrogens with one attached hydrogen (secondary N) is 2. The maximum absolute atomic E-state index is 11.6. The van der Waals surface area contributed by atoms with Crippen molar-refractivity contribution >= 4 is 27.2 Å². The zero-order valence-electron chi connectivity index (χ0n) is 12.9. The Kier molecular flexibility index (Phi) is 6.15. The molecule has 2 amide bonds. The standard InChI is InChI=1S/C13H23N3O3S2/c1-5-21(18,19)7-6-14-12(17)15-8-11-16-10(9-20-11)13(2,3)4/h9H,5-8H2,1-4H3,(H2,14,15,17). The van der Waals surface area contributed by atoms with Gasteiger partial charge in [-0.3, -0.25) is 0 Å². The van der Waals surface area contributed by atoms with E-state index in [0.29, 0.717) is 6.54 Å². The molecule has 0 bridgehead atoms. The van der Waals surface area contributed by atoms with E-state index >= 15 is 0 Å². The van der Waals surface area contributed by atoms with Gasteiger partial charge in [-0.05, 0) is 0 Å². The molecule has 120 valence electrons. The van der Waals surface area contributed by atoms with Crippen molar-refractivity contribution in [3.05, 3.63) is 16.1 Å². The molecule has 1 rings (SSSR count). The highest BCUT2D eigenvalue weighted by molar-refractivity contribution is 7.91. The van der Waals surface area contributed by atoms with E-state index in [1.54, 1.807) is 6.92 Å². The van der Waals surface area contributed by atoms with Crippen molar-refractivity contribution in [2.24, 2.45) is 0 Å². The molecular weight excluding hydrogens is 310 g/mol. The summed E-state index contributed by atoms with van der Waals surface area (Å²) in [5, 5.41) is 8.02. The van der Waals surface area contributed by atoms with Crippen molar-refractivity contribution in [2.45, 2.75) is 39.7 Å². The van der Waals surface area contributed by atoms with Crippen LogP contribution in [0.3, 0.4) is 0 Å². The van der Waals surface area contributed by atoms with Gasteiger partial charge >= 0.3 is 6.03 Å². The first-order valence-corrected chi connectivity index (χ1v) is 9.51. The van der Waals surface area contributed by atoms with Gasteiger partial charge in [0, 0.05) is 23.1 Å². The number of sulfone groups is 1. The van der Waals surface area contributed by atoms with Gasteiger partial charge in [0.2, 0.25) is 0 Å². The second kappa shape index (κ2) is 7.22. The summed E-state index contributed by atoms with van der Waals surface area (Å²) < 4.78 is 22.6. The summed E-state index contributed by atoms with van der Waals surface area (Å²) in [7, 11) is -3.05. The van der Waals surface area contributed by atoms with Crippen molar-refractivity contribution in [3.63, 3.8) is 0 Å². The van der Waals surface area contributed by atoms with Crippen LogP contribution in [-0.4, -0.2) is 37.5 Å². The molecule has 6 nitrogen and oxygen atoms in total. The van der Waals surface area contributed by atoms with Crippen molar-refractivity contribution < 1.29 is 13.2 Å². The monoisotopic (exact) mass is 333 g/mol. The van der Waals surface area contributed by atoms with E-state index in [1.807, 2.05) is 5.38 Å². The van der Waals surface area contributed by atoms with Gasteiger partial charge in [-0.2, -0.15) is 0 Å². The smallest absolute Gasteiger partial charge is 0.315 e. The number of carbonyl (C=O) groups excluding carboxylic acids is 1. The molecule has 21 heavy (non-hydrogen) atoms. The minimum absolute atomic E-state index is 0.00841. The number of hydrogen-bond donors (Lipinski definition) is 2. The summed E-state index contributed by atoms with van der Waals surface area (Å²) >= 11 is 1.50. The molecule has 0 aromatic carbocycles. The van der Waals surface area contributed by atoms with Crippen LogP contribution in [0.2, 0.25) is 0 Å². The molecule has 1 aromatic heterocycles. The van der Waals surface area contributed by atoms with Crippen LogP contribution in [0.5, 0.6) is 0 Å². The number of amides is 2. The molecule has 0 aliphatic heterocycles. The lowest BCUT2D eigenvalue weighted by molar-refractivity contribution is 0.241. The maximum Gasteiger partial charge on any atom is 0.315 e. The number of carbonyl (C=O) groups is 1. The molecule has 1 aromatic rings. The Hall–Kier alpha value is -1.15. The lowest BCUT2D eigenvalue weighted by atomic mass is 9.93. The van der Waals surface area contributed by atoms with Crippen molar-refractivity contribution in [1.29, 1.82) is 0 Å². The fourth-order valence-corrected chi connectivity index (χ4v) is 3.08. The molecule has 1 heterocycles. The van der Waals surface area contributed by atoms with Gasteiger partial charge in [0.1, 0.15) is 5.01 Å². The molecule has 0 unspecified atom stereocenters. The second-order valence-corrected chi connectivity index (χ2v) is 9.14. The lowest BCUT2D eigenvalue weighted by Crippen LogP contribution is -2.37. The molecule has 0 fully saturated rings. The number of urea groups is 1.